The van der Waals surface area contributed by atoms with E-state index in [1.165, 1.54) is 0 Å². The van der Waals surface area contributed by atoms with Gasteiger partial charge in [-0.25, -0.2) is 9.78 Å². The second kappa shape index (κ2) is 6.07. The van der Waals surface area contributed by atoms with E-state index in [1.54, 1.807) is 25.1 Å². The van der Waals surface area contributed by atoms with Gasteiger partial charge in [-0.2, -0.15) is 0 Å². The molecule has 1 rings (SSSR count). The van der Waals surface area contributed by atoms with Crippen LogP contribution in [0.3, 0.4) is 0 Å². The van der Waals surface area contributed by atoms with Gasteiger partial charge in [0.25, 0.3) is 0 Å². The SMILES string of the molecule is CCOC(=O)c1cccc(OC[C@@H](C)N)n1. The van der Waals surface area contributed by atoms with E-state index in [4.69, 9.17) is 15.2 Å². The summed E-state index contributed by atoms with van der Waals surface area (Å²) >= 11 is 0. The Kier molecular flexibility index (Phi) is 4.72. The number of carbonyl (C=O) groups is 1. The Hall–Kier alpha value is -1.62. The third kappa shape index (κ3) is 3.86. The van der Waals surface area contributed by atoms with E-state index in [1.807, 2.05) is 6.92 Å². The van der Waals surface area contributed by atoms with Crippen molar-refractivity contribution in [2.75, 3.05) is 13.2 Å². The lowest BCUT2D eigenvalue weighted by atomic mass is 10.3. The molecule has 1 aromatic heterocycles. The number of hydrogen-bond acceptors (Lipinski definition) is 5. The molecule has 0 saturated carbocycles. The minimum atomic E-state index is -0.450. The summed E-state index contributed by atoms with van der Waals surface area (Å²) in [6.45, 7) is 4.26. The lowest BCUT2D eigenvalue weighted by molar-refractivity contribution is 0.0518. The van der Waals surface area contributed by atoms with Gasteiger partial charge in [-0.15, -0.1) is 0 Å². The molecule has 0 aromatic carbocycles. The van der Waals surface area contributed by atoms with Crippen LogP contribution < -0.4 is 10.5 Å². The number of nitrogens with two attached hydrogens (primary N) is 1. The number of pyridine rings is 1. The maximum absolute atomic E-state index is 11.4. The maximum atomic E-state index is 11.4. The van der Waals surface area contributed by atoms with E-state index in [0.717, 1.165) is 0 Å². The largest absolute Gasteiger partial charge is 0.476 e. The van der Waals surface area contributed by atoms with Crippen LogP contribution >= 0.6 is 0 Å². The van der Waals surface area contributed by atoms with E-state index < -0.39 is 5.97 Å². The number of hydrogen-bond donors (Lipinski definition) is 1. The summed E-state index contributed by atoms with van der Waals surface area (Å²) in [6, 6.07) is 4.87. The van der Waals surface area contributed by atoms with Crippen molar-refractivity contribution in [2.45, 2.75) is 19.9 Å². The molecule has 0 aliphatic heterocycles. The molecule has 88 valence electrons. The van der Waals surface area contributed by atoms with E-state index in [-0.39, 0.29) is 11.7 Å². The fraction of sp³-hybridized carbons (Fsp3) is 0.455. The van der Waals surface area contributed by atoms with Crippen LogP contribution in [0.15, 0.2) is 18.2 Å². The molecule has 1 aromatic rings. The highest BCUT2D eigenvalue weighted by Gasteiger charge is 2.09. The standard InChI is InChI=1S/C11H16N2O3/c1-3-15-11(14)9-5-4-6-10(13-9)16-7-8(2)12/h4-6,8H,3,7,12H2,1-2H3/t8-/m1/s1. The summed E-state index contributed by atoms with van der Waals surface area (Å²) in [7, 11) is 0. The van der Waals surface area contributed by atoms with Crippen LogP contribution in [0.4, 0.5) is 0 Å². The Bertz CT molecular complexity index is 353. The van der Waals surface area contributed by atoms with Crippen LogP contribution in [-0.4, -0.2) is 30.2 Å². The molecule has 2 N–H and O–H groups in total. The molecule has 0 saturated heterocycles. The van der Waals surface area contributed by atoms with Crippen molar-refractivity contribution in [1.29, 1.82) is 0 Å². The Labute approximate surface area is 94.6 Å². The van der Waals surface area contributed by atoms with Crippen molar-refractivity contribution in [1.82, 2.24) is 4.98 Å². The average Bonchev–Trinajstić information content (AvgIpc) is 2.27. The second-order valence-electron chi connectivity index (χ2n) is 3.37. The fourth-order valence-corrected chi connectivity index (χ4v) is 1.03. The molecule has 16 heavy (non-hydrogen) atoms. The van der Waals surface area contributed by atoms with Crippen LogP contribution in [0.2, 0.25) is 0 Å². The van der Waals surface area contributed by atoms with E-state index in [9.17, 15) is 4.79 Å². The number of rotatable bonds is 5. The number of nitrogens with zero attached hydrogens (tertiary/aromatic N) is 1. The van der Waals surface area contributed by atoms with E-state index in [0.29, 0.717) is 19.1 Å². The molecule has 5 heteroatoms. The van der Waals surface area contributed by atoms with Gasteiger partial charge in [0, 0.05) is 12.1 Å². The van der Waals surface area contributed by atoms with Crippen molar-refractivity contribution in [3.63, 3.8) is 0 Å². The lowest BCUT2D eigenvalue weighted by Crippen LogP contribution is -2.24. The zero-order valence-electron chi connectivity index (χ0n) is 9.47. The van der Waals surface area contributed by atoms with Crippen molar-refractivity contribution in [3.05, 3.63) is 23.9 Å². The van der Waals surface area contributed by atoms with Crippen LogP contribution in [-0.2, 0) is 4.74 Å². The third-order valence-electron chi connectivity index (χ3n) is 1.70. The molecule has 0 amide bonds. The van der Waals surface area contributed by atoms with Gasteiger partial charge >= 0.3 is 5.97 Å². The zero-order valence-corrected chi connectivity index (χ0v) is 9.47. The van der Waals surface area contributed by atoms with Crippen molar-refractivity contribution in [2.24, 2.45) is 5.73 Å². The molecule has 0 aliphatic rings. The minimum absolute atomic E-state index is 0.0759. The first kappa shape index (κ1) is 12.4. The zero-order chi connectivity index (χ0) is 12.0. The molecule has 0 aliphatic carbocycles. The van der Waals surface area contributed by atoms with Crippen molar-refractivity contribution >= 4 is 5.97 Å². The van der Waals surface area contributed by atoms with Crippen LogP contribution in [0.25, 0.3) is 0 Å². The summed E-state index contributed by atoms with van der Waals surface area (Å²) in [6.07, 6.45) is 0. The highest BCUT2D eigenvalue weighted by atomic mass is 16.5. The Morgan fingerprint density at radius 2 is 2.31 bits per heavy atom. The van der Waals surface area contributed by atoms with E-state index >= 15 is 0 Å². The monoisotopic (exact) mass is 224 g/mol. The number of esters is 1. The number of aromatic nitrogens is 1. The fourth-order valence-electron chi connectivity index (χ4n) is 1.03. The third-order valence-corrected chi connectivity index (χ3v) is 1.70. The quantitative estimate of drug-likeness (QED) is 0.755. The van der Waals surface area contributed by atoms with Gasteiger partial charge in [-0.3, -0.25) is 0 Å². The van der Waals surface area contributed by atoms with Gasteiger partial charge in [0.05, 0.1) is 6.61 Å². The second-order valence-corrected chi connectivity index (χ2v) is 3.37. The van der Waals surface area contributed by atoms with Gasteiger partial charge in [0.1, 0.15) is 6.61 Å². The van der Waals surface area contributed by atoms with Gasteiger partial charge in [-0.05, 0) is 19.9 Å². The normalized spacial score (nSPS) is 11.9. The summed E-state index contributed by atoms with van der Waals surface area (Å²) in [4.78, 5) is 15.4. The van der Waals surface area contributed by atoms with Gasteiger partial charge in [-0.1, -0.05) is 6.07 Å². The predicted octanol–water partition coefficient (Wildman–Crippen LogP) is 0.984. The molecule has 0 bridgehead atoms. The maximum Gasteiger partial charge on any atom is 0.357 e. The smallest absolute Gasteiger partial charge is 0.357 e. The molecule has 1 atom stereocenters. The first-order valence-corrected chi connectivity index (χ1v) is 5.16. The highest BCUT2D eigenvalue weighted by Crippen LogP contribution is 2.08. The predicted molar refractivity (Wildman–Crippen MR) is 59.3 cm³/mol. The minimum Gasteiger partial charge on any atom is -0.476 e. The van der Waals surface area contributed by atoms with Crippen molar-refractivity contribution in [3.8, 4) is 5.88 Å². The first-order chi connectivity index (χ1) is 7.63. The number of ether oxygens (including phenoxy) is 2. The Morgan fingerprint density at radius 1 is 1.56 bits per heavy atom. The molecule has 0 unspecified atom stereocenters. The van der Waals surface area contributed by atoms with E-state index in [2.05, 4.69) is 4.98 Å². The van der Waals surface area contributed by atoms with Crippen LogP contribution in [0, 0.1) is 0 Å². The molecule has 1 heterocycles. The highest BCUT2D eigenvalue weighted by molar-refractivity contribution is 5.87. The molecule has 0 radical (unpaired) electrons. The molecule has 5 nitrogen and oxygen atoms in total. The van der Waals surface area contributed by atoms with Crippen LogP contribution in [0.1, 0.15) is 24.3 Å². The molecular weight excluding hydrogens is 208 g/mol. The van der Waals surface area contributed by atoms with Crippen LogP contribution in [0.5, 0.6) is 5.88 Å². The van der Waals surface area contributed by atoms with Gasteiger partial charge in [0.15, 0.2) is 5.69 Å². The lowest BCUT2D eigenvalue weighted by Gasteiger charge is -2.08. The average molecular weight is 224 g/mol. The Balaban J connectivity index is 2.67. The van der Waals surface area contributed by atoms with Gasteiger partial charge in [0.2, 0.25) is 5.88 Å². The number of carbonyl (C=O) groups excluding carboxylic acids is 1. The first-order valence-electron chi connectivity index (χ1n) is 5.16. The van der Waals surface area contributed by atoms with Gasteiger partial charge < -0.3 is 15.2 Å². The molecular formula is C11H16N2O3. The summed E-state index contributed by atoms with van der Waals surface area (Å²) < 4.78 is 10.1. The van der Waals surface area contributed by atoms with Crippen molar-refractivity contribution < 1.29 is 14.3 Å². The topological polar surface area (TPSA) is 74.4 Å². The summed E-state index contributed by atoms with van der Waals surface area (Å²) in [5, 5.41) is 0. The summed E-state index contributed by atoms with van der Waals surface area (Å²) in [5.74, 6) is -0.0726. The Morgan fingerprint density at radius 3 is 2.94 bits per heavy atom. The summed E-state index contributed by atoms with van der Waals surface area (Å²) in [5.41, 5.74) is 5.78. The molecule has 0 spiro atoms. The molecule has 0 fully saturated rings.